The van der Waals surface area contributed by atoms with Crippen LogP contribution in [0.4, 0.5) is 22.0 Å². The highest BCUT2D eigenvalue weighted by Gasteiger charge is 2.07. The molecular weight excluding hydrogens is 280 g/mol. The van der Waals surface area contributed by atoms with Crippen molar-refractivity contribution in [2.24, 2.45) is 0 Å². The van der Waals surface area contributed by atoms with Crippen molar-refractivity contribution in [2.75, 3.05) is 17.7 Å². The standard InChI is InChI=1S/C10H8Cl2FN5/c1-14-9-16-8(12)17-10(18-9)15-7-4-5(11)2-3-6(7)13/h2-4H,1H3,(H2,14,15,16,17,18). The van der Waals surface area contributed by atoms with Crippen LogP contribution in [0.3, 0.4) is 0 Å². The van der Waals surface area contributed by atoms with Gasteiger partial charge in [-0.2, -0.15) is 15.0 Å². The van der Waals surface area contributed by atoms with Gasteiger partial charge in [-0.3, -0.25) is 0 Å². The molecule has 0 bridgehead atoms. The second-order valence-electron chi connectivity index (χ2n) is 3.25. The average Bonchev–Trinajstić information content (AvgIpc) is 2.33. The molecule has 1 aromatic carbocycles. The molecule has 1 aromatic heterocycles. The van der Waals surface area contributed by atoms with E-state index < -0.39 is 5.82 Å². The van der Waals surface area contributed by atoms with Gasteiger partial charge in [0.2, 0.25) is 17.2 Å². The van der Waals surface area contributed by atoms with Gasteiger partial charge in [-0.15, -0.1) is 0 Å². The number of rotatable bonds is 3. The molecular formula is C10H8Cl2FN5. The summed E-state index contributed by atoms with van der Waals surface area (Å²) in [7, 11) is 1.63. The first-order valence-electron chi connectivity index (χ1n) is 4.90. The number of halogens is 3. The Balaban J connectivity index is 2.33. The number of hydrogen-bond acceptors (Lipinski definition) is 5. The van der Waals surface area contributed by atoms with E-state index in [2.05, 4.69) is 25.6 Å². The Morgan fingerprint density at radius 3 is 2.56 bits per heavy atom. The molecule has 0 fully saturated rings. The molecule has 2 N–H and O–H groups in total. The summed E-state index contributed by atoms with van der Waals surface area (Å²) in [4.78, 5) is 11.6. The molecule has 0 aliphatic heterocycles. The highest BCUT2D eigenvalue weighted by molar-refractivity contribution is 6.30. The Morgan fingerprint density at radius 2 is 1.83 bits per heavy atom. The van der Waals surface area contributed by atoms with Crippen LogP contribution in [0.5, 0.6) is 0 Å². The van der Waals surface area contributed by atoms with Crippen LogP contribution >= 0.6 is 23.2 Å². The maximum absolute atomic E-state index is 13.5. The molecule has 94 valence electrons. The third-order valence-electron chi connectivity index (χ3n) is 2.01. The first-order valence-corrected chi connectivity index (χ1v) is 5.65. The Hall–Kier alpha value is -1.66. The third kappa shape index (κ3) is 2.96. The monoisotopic (exact) mass is 287 g/mol. The zero-order valence-electron chi connectivity index (χ0n) is 9.21. The van der Waals surface area contributed by atoms with E-state index in [0.717, 1.165) is 0 Å². The summed E-state index contributed by atoms with van der Waals surface area (Å²) in [6.07, 6.45) is 0. The number of hydrogen-bond donors (Lipinski definition) is 2. The van der Waals surface area contributed by atoms with Crippen LogP contribution in [-0.2, 0) is 0 Å². The first kappa shape index (κ1) is 12.8. The van der Waals surface area contributed by atoms with Crippen molar-refractivity contribution in [1.29, 1.82) is 0 Å². The maximum Gasteiger partial charge on any atom is 0.233 e. The van der Waals surface area contributed by atoms with Crippen molar-refractivity contribution in [3.63, 3.8) is 0 Å². The minimum absolute atomic E-state index is 0.000661. The smallest absolute Gasteiger partial charge is 0.233 e. The van der Waals surface area contributed by atoms with E-state index in [4.69, 9.17) is 23.2 Å². The van der Waals surface area contributed by atoms with E-state index in [1.54, 1.807) is 7.05 Å². The van der Waals surface area contributed by atoms with E-state index in [1.165, 1.54) is 18.2 Å². The molecule has 8 heteroatoms. The Labute approximate surface area is 112 Å². The van der Waals surface area contributed by atoms with Gasteiger partial charge in [0.15, 0.2) is 0 Å². The van der Waals surface area contributed by atoms with E-state index in [1.807, 2.05) is 0 Å². The van der Waals surface area contributed by atoms with Gasteiger partial charge in [-0.25, -0.2) is 4.39 Å². The molecule has 0 amide bonds. The van der Waals surface area contributed by atoms with Gasteiger partial charge < -0.3 is 10.6 Å². The molecule has 2 aromatic rings. The normalized spacial score (nSPS) is 10.2. The molecule has 0 saturated heterocycles. The largest absolute Gasteiger partial charge is 0.357 e. The highest BCUT2D eigenvalue weighted by atomic mass is 35.5. The number of aromatic nitrogens is 3. The Kier molecular flexibility index (Phi) is 3.78. The lowest BCUT2D eigenvalue weighted by Crippen LogP contribution is -2.04. The fourth-order valence-corrected chi connectivity index (χ4v) is 1.56. The lowest BCUT2D eigenvalue weighted by atomic mass is 10.3. The summed E-state index contributed by atoms with van der Waals surface area (Å²) < 4.78 is 13.5. The summed E-state index contributed by atoms with van der Waals surface area (Å²) in [5, 5.41) is 5.79. The van der Waals surface area contributed by atoms with Crippen LogP contribution in [0.1, 0.15) is 0 Å². The van der Waals surface area contributed by atoms with Crippen molar-refractivity contribution < 1.29 is 4.39 Å². The van der Waals surface area contributed by atoms with Crippen LogP contribution in [0, 0.1) is 5.82 Å². The van der Waals surface area contributed by atoms with Gasteiger partial charge >= 0.3 is 0 Å². The minimum atomic E-state index is -0.470. The summed E-state index contributed by atoms with van der Waals surface area (Å²) in [5.41, 5.74) is 0.159. The van der Waals surface area contributed by atoms with Gasteiger partial charge in [-0.05, 0) is 29.8 Å². The molecule has 0 unspecified atom stereocenters. The zero-order valence-corrected chi connectivity index (χ0v) is 10.7. The SMILES string of the molecule is CNc1nc(Cl)nc(Nc2cc(Cl)ccc2F)n1. The molecule has 0 atom stereocenters. The summed E-state index contributed by atoms with van der Waals surface area (Å²) in [5.74, 6) is -0.0672. The van der Waals surface area contributed by atoms with Gasteiger partial charge in [0.05, 0.1) is 5.69 Å². The molecule has 0 aliphatic rings. The minimum Gasteiger partial charge on any atom is -0.357 e. The fraction of sp³-hybridized carbons (Fsp3) is 0.100. The van der Waals surface area contributed by atoms with E-state index >= 15 is 0 Å². The number of benzene rings is 1. The predicted octanol–water partition coefficient (Wildman–Crippen LogP) is 3.10. The number of nitrogens with one attached hydrogen (secondary N) is 2. The topological polar surface area (TPSA) is 62.7 Å². The maximum atomic E-state index is 13.5. The third-order valence-corrected chi connectivity index (χ3v) is 2.41. The van der Waals surface area contributed by atoms with Crippen LogP contribution in [0.15, 0.2) is 18.2 Å². The van der Waals surface area contributed by atoms with Gasteiger partial charge in [0.25, 0.3) is 0 Å². The molecule has 5 nitrogen and oxygen atoms in total. The summed E-state index contributed by atoms with van der Waals surface area (Å²) >= 11 is 11.5. The molecule has 2 rings (SSSR count). The van der Waals surface area contributed by atoms with Crippen molar-refractivity contribution >= 4 is 40.8 Å². The summed E-state index contributed by atoms with van der Waals surface area (Å²) in [6.45, 7) is 0. The van der Waals surface area contributed by atoms with Crippen molar-refractivity contribution in [3.8, 4) is 0 Å². The molecule has 1 heterocycles. The van der Waals surface area contributed by atoms with E-state index in [9.17, 15) is 4.39 Å². The van der Waals surface area contributed by atoms with Crippen LogP contribution in [-0.4, -0.2) is 22.0 Å². The average molecular weight is 288 g/mol. The van der Waals surface area contributed by atoms with Gasteiger partial charge in [0.1, 0.15) is 5.82 Å². The molecule has 0 saturated carbocycles. The molecule has 0 aliphatic carbocycles. The Morgan fingerprint density at radius 1 is 1.11 bits per heavy atom. The predicted molar refractivity (Wildman–Crippen MR) is 69.1 cm³/mol. The van der Waals surface area contributed by atoms with Gasteiger partial charge in [0, 0.05) is 12.1 Å². The van der Waals surface area contributed by atoms with E-state index in [-0.39, 0.29) is 22.9 Å². The lowest BCUT2D eigenvalue weighted by molar-refractivity contribution is 0.631. The van der Waals surface area contributed by atoms with Gasteiger partial charge in [-0.1, -0.05) is 11.6 Å². The highest BCUT2D eigenvalue weighted by Crippen LogP contribution is 2.22. The van der Waals surface area contributed by atoms with Crippen LogP contribution in [0.25, 0.3) is 0 Å². The molecule has 0 radical (unpaired) electrons. The van der Waals surface area contributed by atoms with Crippen LogP contribution < -0.4 is 10.6 Å². The Bertz CT molecular complexity index is 578. The summed E-state index contributed by atoms with van der Waals surface area (Å²) in [6, 6.07) is 4.11. The quantitative estimate of drug-likeness (QED) is 0.908. The molecule has 18 heavy (non-hydrogen) atoms. The van der Waals surface area contributed by atoms with Crippen LogP contribution in [0.2, 0.25) is 10.3 Å². The second-order valence-corrected chi connectivity index (χ2v) is 4.03. The van der Waals surface area contributed by atoms with Crippen molar-refractivity contribution in [1.82, 2.24) is 15.0 Å². The lowest BCUT2D eigenvalue weighted by Gasteiger charge is -2.07. The molecule has 0 spiro atoms. The van der Waals surface area contributed by atoms with Crippen molar-refractivity contribution in [3.05, 3.63) is 34.3 Å². The fourth-order valence-electron chi connectivity index (χ4n) is 1.23. The first-order chi connectivity index (χ1) is 8.58. The zero-order chi connectivity index (χ0) is 13.1. The van der Waals surface area contributed by atoms with Crippen molar-refractivity contribution in [2.45, 2.75) is 0 Å². The number of nitrogens with zero attached hydrogens (tertiary/aromatic N) is 3. The number of anilines is 3. The second kappa shape index (κ2) is 5.32. The van der Waals surface area contributed by atoms with E-state index in [0.29, 0.717) is 5.02 Å².